The van der Waals surface area contributed by atoms with Crippen LogP contribution in [-0.4, -0.2) is 56.6 Å². The fourth-order valence-corrected chi connectivity index (χ4v) is 4.26. The van der Waals surface area contributed by atoms with Crippen LogP contribution >= 0.6 is 23.8 Å². The predicted octanol–water partition coefficient (Wildman–Crippen LogP) is 0.490. The number of morpholine rings is 1. The fraction of sp³-hybridized carbons (Fsp3) is 0.429. The molecule has 0 unspecified atom stereocenters. The highest BCUT2D eigenvalue weighted by Gasteiger charge is 2.29. The number of benzene rings is 1. The van der Waals surface area contributed by atoms with Crippen LogP contribution in [-0.2, 0) is 14.8 Å². The number of nitrogens with one attached hydrogen (secondary N) is 3. The second-order valence-electron chi connectivity index (χ2n) is 5.10. The van der Waals surface area contributed by atoms with E-state index in [1.54, 1.807) is 0 Å². The number of amides is 1. The summed E-state index contributed by atoms with van der Waals surface area (Å²) in [4.78, 5) is 12.1. The van der Waals surface area contributed by atoms with Gasteiger partial charge in [0.2, 0.25) is 10.0 Å². The standard InChI is InChI=1S/C14H19ClN4O4S2/c1-2-16-14(24)18-17-13(20)10-3-4-11(15)12(9-10)25(21,22)19-5-7-23-8-6-19/h3-4,9H,2,5-8H2,1H3,(H,17,20)(H2,16,18,24). The van der Waals surface area contributed by atoms with Gasteiger partial charge in [-0.1, -0.05) is 11.6 Å². The van der Waals surface area contributed by atoms with Gasteiger partial charge in [0.1, 0.15) is 4.90 Å². The lowest BCUT2D eigenvalue weighted by molar-refractivity contribution is 0.0730. The first-order valence-corrected chi connectivity index (χ1v) is 9.80. The summed E-state index contributed by atoms with van der Waals surface area (Å²) in [7, 11) is -3.81. The zero-order valence-corrected chi connectivity index (χ0v) is 15.9. The molecule has 3 N–H and O–H groups in total. The van der Waals surface area contributed by atoms with Crippen molar-refractivity contribution >= 4 is 44.9 Å². The minimum absolute atomic E-state index is 0.0548. The molecule has 0 radical (unpaired) electrons. The van der Waals surface area contributed by atoms with Crippen molar-refractivity contribution in [1.29, 1.82) is 0 Å². The van der Waals surface area contributed by atoms with Gasteiger partial charge in [-0.3, -0.25) is 15.6 Å². The number of carbonyl (C=O) groups excluding carboxylic acids is 1. The molecular formula is C14H19ClN4O4S2. The number of nitrogens with zero attached hydrogens (tertiary/aromatic N) is 1. The Labute approximate surface area is 156 Å². The Morgan fingerprint density at radius 2 is 2.00 bits per heavy atom. The third kappa shape index (κ3) is 5.02. The van der Waals surface area contributed by atoms with Gasteiger partial charge in [-0.2, -0.15) is 4.31 Å². The molecule has 138 valence electrons. The van der Waals surface area contributed by atoms with Gasteiger partial charge in [0.25, 0.3) is 5.91 Å². The van der Waals surface area contributed by atoms with Gasteiger partial charge in [0.15, 0.2) is 5.11 Å². The van der Waals surface area contributed by atoms with E-state index in [1.807, 2.05) is 6.92 Å². The highest BCUT2D eigenvalue weighted by Crippen LogP contribution is 2.26. The molecule has 1 heterocycles. The maximum Gasteiger partial charge on any atom is 0.269 e. The van der Waals surface area contributed by atoms with E-state index in [0.29, 0.717) is 19.8 Å². The molecule has 25 heavy (non-hydrogen) atoms. The number of sulfonamides is 1. The first kappa shape index (κ1) is 19.9. The molecule has 1 aromatic rings. The molecule has 1 fully saturated rings. The first-order chi connectivity index (χ1) is 11.9. The molecule has 0 spiro atoms. The molecule has 1 amide bonds. The van der Waals surface area contributed by atoms with Gasteiger partial charge < -0.3 is 10.1 Å². The van der Waals surface area contributed by atoms with Crippen LogP contribution in [0.15, 0.2) is 23.1 Å². The third-order valence-electron chi connectivity index (χ3n) is 3.41. The summed E-state index contributed by atoms with van der Waals surface area (Å²) in [6, 6.07) is 4.07. The zero-order valence-electron chi connectivity index (χ0n) is 13.5. The number of hydrogen-bond acceptors (Lipinski definition) is 5. The van der Waals surface area contributed by atoms with Crippen molar-refractivity contribution in [2.75, 3.05) is 32.8 Å². The van der Waals surface area contributed by atoms with E-state index in [1.165, 1.54) is 22.5 Å². The van der Waals surface area contributed by atoms with Crippen molar-refractivity contribution in [2.24, 2.45) is 0 Å². The van der Waals surface area contributed by atoms with Gasteiger partial charge in [0, 0.05) is 25.2 Å². The Balaban J connectivity index is 2.19. The second-order valence-corrected chi connectivity index (χ2v) is 7.82. The van der Waals surface area contributed by atoms with Crippen LogP contribution in [0.25, 0.3) is 0 Å². The van der Waals surface area contributed by atoms with Crippen LogP contribution in [0.4, 0.5) is 0 Å². The molecule has 8 nitrogen and oxygen atoms in total. The lowest BCUT2D eigenvalue weighted by Crippen LogP contribution is -2.46. The van der Waals surface area contributed by atoms with Gasteiger partial charge in [-0.15, -0.1) is 0 Å². The van der Waals surface area contributed by atoms with Crippen LogP contribution in [0.1, 0.15) is 17.3 Å². The van der Waals surface area contributed by atoms with Crippen LogP contribution in [0, 0.1) is 0 Å². The Bertz CT molecular complexity index is 751. The summed E-state index contributed by atoms with van der Waals surface area (Å²) < 4.78 is 31.9. The number of halogens is 1. The molecule has 0 atom stereocenters. The normalized spacial score (nSPS) is 15.4. The second kappa shape index (κ2) is 8.77. The molecule has 11 heteroatoms. The summed E-state index contributed by atoms with van der Waals surface area (Å²) in [6.07, 6.45) is 0. The van der Waals surface area contributed by atoms with Gasteiger partial charge >= 0.3 is 0 Å². The smallest absolute Gasteiger partial charge is 0.269 e. The topological polar surface area (TPSA) is 99.8 Å². The summed E-state index contributed by atoms with van der Waals surface area (Å²) >= 11 is 11.0. The fourth-order valence-electron chi connectivity index (χ4n) is 2.16. The Morgan fingerprint density at radius 3 is 2.64 bits per heavy atom. The van der Waals surface area contributed by atoms with Crippen molar-refractivity contribution in [3.63, 3.8) is 0 Å². The number of ether oxygens (including phenoxy) is 1. The van der Waals surface area contributed by atoms with Gasteiger partial charge in [0.05, 0.1) is 18.2 Å². The van der Waals surface area contributed by atoms with Crippen LogP contribution in [0.5, 0.6) is 0 Å². The molecule has 0 saturated carbocycles. The summed E-state index contributed by atoms with van der Waals surface area (Å²) in [5.74, 6) is -0.532. The average Bonchev–Trinajstić information content (AvgIpc) is 2.61. The SMILES string of the molecule is CCNC(=S)NNC(=O)c1ccc(Cl)c(S(=O)(=O)N2CCOCC2)c1. The van der Waals surface area contributed by atoms with Gasteiger partial charge in [-0.05, 0) is 37.3 Å². The lowest BCUT2D eigenvalue weighted by atomic mass is 10.2. The number of carbonyl (C=O) groups is 1. The molecular weight excluding hydrogens is 388 g/mol. The van der Waals surface area contributed by atoms with E-state index in [-0.39, 0.29) is 33.7 Å². The zero-order chi connectivity index (χ0) is 18.4. The molecule has 1 aromatic carbocycles. The molecule has 0 bridgehead atoms. The van der Waals surface area contributed by atoms with E-state index >= 15 is 0 Å². The van der Waals surface area contributed by atoms with Crippen molar-refractivity contribution < 1.29 is 17.9 Å². The molecule has 0 aliphatic carbocycles. The number of hydrazine groups is 1. The molecule has 1 aliphatic heterocycles. The van der Waals surface area contributed by atoms with Gasteiger partial charge in [-0.25, -0.2) is 8.42 Å². The van der Waals surface area contributed by atoms with Crippen molar-refractivity contribution in [1.82, 2.24) is 20.5 Å². The minimum Gasteiger partial charge on any atom is -0.379 e. The van der Waals surface area contributed by atoms with E-state index in [0.717, 1.165) is 0 Å². The minimum atomic E-state index is -3.81. The third-order valence-corrected chi connectivity index (χ3v) is 6.03. The van der Waals surface area contributed by atoms with Crippen molar-refractivity contribution in [3.8, 4) is 0 Å². The monoisotopic (exact) mass is 406 g/mol. The average molecular weight is 407 g/mol. The van der Waals surface area contributed by atoms with Crippen LogP contribution < -0.4 is 16.2 Å². The maximum absolute atomic E-state index is 12.7. The maximum atomic E-state index is 12.7. The Kier molecular flexibility index (Phi) is 6.96. The highest BCUT2D eigenvalue weighted by atomic mass is 35.5. The molecule has 0 aromatic heterocycles. The molecule has 1 aliphatic rings. The quantitative estimate of drug-likeness (QED) is 0.494. The number of thiocarbonyl (C=S) groups is 1. The van der Waals surface area contributed by atoms with E-state index in [2.05, 4.69) is 16.2 Å². The first-order valence-electron chi connectivity index (χ1n) is 7.58. The number of rotatable bonds is 4. The molecule has 2 rings (SSSR count). The van der Waals surface area contributed by atoms with Crippen LogP contribution in [0.3, 0.4) is 0 Å². The van der Waals surface area contributed by atoms with E-state index in [4.69, 9.17) is 28.6 Å². The van der Waals surface area contributed by atoms with E-state index in [9.17, 15) is 13.2 Å². The molecule has 1 saturated heterocycles. The summed E-state index contributed by atoms with van der Waals surface area (Å²) in [6.45, 7) is 3.59. The van der Waals surface area contributed by atoms with E-state index < -0.39 is 15.9 Å². The predicted molar refractivity (Wildman–Crippen MR) is 97.9 cm³/mol. The van der Waals surface area contributed by atoms with Crippen molar-refractivity contribution in [3.05, 3.63) is 28.8 Å². The summed E-state index contributed by atoms with van der Waals surface area (Å²) in [5, 5.41) is 3.12. The number of hydrogen-bond donors (Lipinski definition) is 3. The highest BCUT2D eigenvalue weighted by molar-refractivity contribution is 7.89. The van der Waals surface area contributed by atoms with Crippen LogP contribution in [0.2, 0.25) is 5.02 Å². The summed E-state index contributed by atoms with van der Waals surface area (Å²) in [5.41, 5.74) is 5.07. The Morgan fingerprint density at radius 1 is 1.32 bits per heavy atom. The lowest BCUT2D eigenvalue weighted by Gasteiger charge is -2.26. The van der Waals surface area contributed by atoms with Crippen molar-refractivity contribution in [2.45, 2.75) is 11.8 Å². The Hall–Kier alpha value is -1.46. The largest absolute Gasteiger partial charge is 0.379 e.